The molecule has 1 N–H and O–H groups in total. The van der Waals surface area contributed by atoms with Crippen molar-refractivity contribution in [1.29, 1.82) is 0 Å². The number of halogens is 1. The summed E-state index contributed by atoms with van der Waals surface area (Å²) in [5, 5.41) is 12.8. The third-order valence-corrected chi connectivity index (χ3v) is 3.65. The van der Waals surface area contributed by atoms with Crippen LogP contribution >= 0.6 is 15.9 Å². The lowest BCUT2D eigenvalue weighted by Crippen LogP contribution is -2.19. The van der Waals surface area contributed by atoms with Crippen molar-refractivity contribution in [3.05, 3.63) is 34.6 Å². The van der Waals surface area contributed by atoms with Crippen LogP contribution in [0.3, 0.4) is 0 Å². The van der Waals surface area contributed by atoms with Crippen LogP contribution in [-0.2, 0) is 6.54 Å². The zero-order valence-electron chi connectivity index (χ0n) is 12.1. The number of hydrogen-bond donors (Lipinski definition) is 1. The van der Waals surface area contributed by atoms with Gasteiger partial charge in [0.15, 0.2) is 0 Å². The Hall–Kier alpha value is -1.24. The molecule has 21 heavy (non-hydrogen) atoms. The van der Waals surface area contributed by atoms with Gasteiger partial charge in [0, 0.05) is 16.6 Å². The zero-order valence-corrected chi connectivity index (χ0v) is 13.7. The molecule has 5 nitrogen and oxygen atoms in total. The van der Waals surface area contributed by atoms with E-state index in [0.29, 0.717) is 18.3 Å². The Morgan fingerprint density at radius 3 is 2.90 bits per heavy atom. The van der Waals surface area contributed by atoms with Crippen molar-refractivity contribution in [2.75, 3.05) is 20.2 Å². The standard InChI is InChI=1S/C15H20BrN3O2/c1-19(8-3-2-4-9-20)11-14-17-15(18-21-14)12-6-5-7-13(16)10-12/h5-7,10,20H,2-4,8-9,11H2,1H3. The molecule has 0 atom stereocenters. The Balaban J connectivity index is 1.88. The predicted molar refractivity (Wildman–Crippen MR) is 84.7 cm³/mol. The minimum absolute atomic E-state index is 0.267. The molecule has 0 aliphatic heterocycles. The minimum Gasteiger partial charge on any atom is -0.396 e. The van der Waals surface area contributed by atoms with Gasteiger partial charge in [-0.1, -0.05) is 33.2 Å². The summed E-state index contributed by atoms with van der Waals surface area (Å²) in [6.45, 7) is 1.86. The number of aliphatic hydroxyl groups is 1. The number of benzene rings is 1. The molecule has 1 aromatic carbocycles. The number of hydrogen-bond acceptors (Lipinski definition) is 5. The number of aliphatic hydroxyl groups excluding tert-OH is 1. The average Bonchev–Trinajstić information content (AvgIpc) is 2.92. The van der Waals surface area contributed by atoms with Gasteiger partial charge >= 0.3 is 0 Å². The third kappa shape index (κ3) is 5.22. The maximum Gasteiger partial charge on any atom is 0.241 e. The molecule has 0 saturated carbocycles. The Labute approximate surface area is 133 Å². The molecule has 0 aliphatic carbocycles. The highest BCUT2D eigenvalue weighted by Crippen LogP contribution is 2.20. The molecule has 1 heterocycles. The van der Waals surface area contributed by atoms with E-state index in [0.717, 1.165) is 35.8 Å². The van der Waals surface area contributed by atoms with E-state index >= 15 is 0 Å². The van der Waals surface area contributed by atoms with E-state index in [1.165, 1.54) is 0 Å². The lowest BCUT2D eigenvalue weighted by atomic mass is 10.2. The van der Waals surface area contributed by atoms with E-state index in [4.69, 9.17) is 9.63 Å². The van der Waals surface area contributed by atoms with E-state index < -0.39 is 0 Å². The quantitative estimate of drug-likeness (QED) is 0.738. The number of unbranched alkanes of at least 4 members (excludes halogenated alkanes) is 2. The van der Waals surface area contributed by atoms with Crippen molar-refractivity contribution in [2.45, 2.75) is 25.8 Å². The second kappa shape index (κ2) is 8.26. The number of rotatable bonds is 8. The van der Waals surface area contributed by atoms with Gasteiger partial charge in [0.1, 0.15) is 0 Å². The van der Waals surface area contributed by atoms with Crippen LogP contribution in [0, 0.1) is 0 Å². The van der Waals surface area contributed by atoms with Gasteiger partial charge < -0.3 is 9.63 Å². The molecule has 0 spiro atoms. The summed E-state index contributed by atoms with van der Waals surface area (Å²) >= 11 is 3.44. The molecule has 0 radical (unpaired) electrons. The molecule has 0 saturated heterocycles. The molecule has 0 bridgehead atoms. The average molecular weight is 354 g/mol. The van der Waals surface area contributed by atoms with Crippen LogP contribution in [0.15, 0.2) is 33.3 Å². The Kier molecular flexibility index (Phi) is 6.35. The van der Waals surface area contributed by atoms with E-state index in [1.54, 1.807) is 0 Å². The first-order valence-electron chi connectivity index (χ1n) is 7.07. The van der Waals surface area contributed by atoms with Crippen molar-refractivity contribution in [1.82, 2.24) is 15.0 Å². The molecule has 0 fully saturated rings. The van der Waals surface area contributed by atoms with Crippen molar-refractivity contribution in [3.8, 4) is 11.4 Å². The second-order valence-electron chi connectivity index (χ2n) is 5.04. The molecule has 0 aliphatic rings. The minimum atomic E-state index is 0.267. The Bertz CT molecular complexity index is 559. The normalized spacial score (nSPS) is 11.2. The first kappa shape index (κ1) is 16.1. The van der Waals surface area contributed by atoms with Crippen LogP contribution in [0.4, 0.5) is 0 Å². The van der Waals surface area contributed by atoms with Gasteiger partial charge in [-0.15, -0.1) is 0 Å². The highest BCUT2D eigenvalue weighted by Gasteiger charge is 2.10. The van der Waals surface area contributed by atoms with Crippen molar-refractivity contribution in [3.63, 3.8) is 0 Å². The molecule has 114 valence electrons. The fourth-order valence-corrected chi connectivity index (χ4v) is 2.44. The third-order valence-electron chi connectivity index (χ3n) is 3.15. The maximum atomic E-state index is 8.75. The first-order chi connectivity index (χ1) is 10.2. The van der Waals surface area contributed by atoms with E-state index in [2.05, 4.69) is 31.0 Å². The van der Waals surface area contributed by atoms with E-state index in [-0.39, 0.29) is 6.61 Å². The van der Waals surface area contributed by atoms with Crippen molar-refractivity contribution < 1.29 is 9.63 Å². The molecule has 2 aromatic rings. The Morgan fingerprint density at radius 2 is 2.14 bits per heavy atom. The van der Waals surface area contributed by atoms with E-state index in [9.17, 15) is 0 Å². The molecule has 6 heteroatoms. The summed E-state index contributed by atoms with van der Waals surface area (Å²) < 4.78 is 6.29. The van der Waals surface area contributed by atoms with Crippen molar-refractivity contribution in [2.24, 2.45) is 0 Å². The smallest absolute Gasteiger partial charge is 0.241 e. The van der Waals surface area contributed by atoms with Crippen LogP contribution in [0.5, 0.6) is 0 Å². The molecule has 0 unspecified atom stereocenters. The van der Waals surface area contributed by atoms with Crippen LogP contribution in [0.2, 0.25) is 0 Å². The number of nitrogens with zero attached hydrogens (tertiary/aromatic N) is 3. The molecular formula is C15H20BrN3O2. The van der Waals surface area contributed by atoms with Crippen molar-refractivity contribution >= 4 is 15.9 Å². The highest BCUT2D eigenvalue weighted by molar-refractivity contribution is 9.10. The topological polar surface area (TPSA) is 62.4 Å². The highest BCUT2D eigenvalue weighted by atomic mass is 79.9. The summed E-state index contributed by atoms with van der Waals surface area (Å²) in [5.74, 6) is 1.23. The molecule has 2 rings (SSSR count). The van der Waals surface area contributed by atoms with Gasteiger partial charge in [-0.05, 0) is 45.0 Å². The second-order valence-corrected chi connectivity index (χ2v) is 5.96. The maximum absolute atomic E-state index is 8.75. The zero-order chi connectivity index (χ0) is 15.1. The summed E-state index contributed by atoms with van der Waals surface area (Å²) in [6, 6.07) is 7.83. The lowest BCUT2D eigenvalue weighted by Gasteiger charge is -2.13. The van der Waals surface area contributed by atoms with Gasteiger partial charge in [-0.25, -0.2) is 0 Å². The van der Waals surface area contributed by atoms with Gasteiger partial charge in [-0.2, -0.15) is 4.98 Å². The van der Waals surface area contributed by atoms with Crippen LogP contribution < -0.4 is 0 Å². The Morgan fingerprint density at radius 1 is 1.29 bits per heavy atom. The monoisotopic (exact) mass is 353 g/mol. The molecule has 0 amide bonds. The van der Waals surface area contributed by atoms with Crippen LogP contribution in [-0.4, -0.2) is 40.3 Å². The summed E-state index contributed by atoms with van der Waals surface area (Å²) in [7, 11) is 2.03. The predicted octanol–water partition coefficient (Wildman–Crippen LogP) is 3.09. The van der Waals surface area contributed by atoms with Gasteiger partial charge in [0.05, 0.1) is 6.54 Å². The fraction of sp³-hybridized carbons (Fsp3) is 0.467. The SMILES string of the molecule is CN(CCCCCO)Cc1nc(-c2cccc(Br)c2)no1. The largest absolute Gasteiger partial charge is 0.396 e. The summed E-state index contributed by atoms with van der Waals surface area (Å²) in [5.41, 5.74) is 0.935. The lowest BCUT2D eigenvalue weighted by molar-refractivity contribution is 0.251. The fourth-order valence-electron chi connectivity index (χ4n) is 2.04. The summed E-state index contributed by atoms with van der Waals surface area (Å²) in [4.78, 5) is 6.57. The molecular weight excluding hydrogens is 334 g/mol. The summed E-state index contributed by atoms with van der Waals surface area (Å²) in [6.07, 6.45) is 2.96. The first-order valence-corrected chi connectivity index (χ1v) is 7.86. The van der Waals surface area contributed by atoms with Gasteiger partial charge in [-0.3, -0.25) is 4.90 Å². The van der Waals surface area contributed by atoms with Gasteiger partial charge in [0.25, 0.3) is 0 Å². The number of aromatic nitrogens is 2. The van der Waals surface area contributed by atoms with Crippen LogP contribution in [0.25, 0.3) is 11.4 Å². The van der Waals surface area contributed by atoms with E-state index in [1.807, 2.05) is 31.3 Å². The molecule has 1 aromatic heterocycles. The van der Waals surface area contributed by atoms with Crippen LogP contribution in [0.1, 0.15) is 25.2 Å². The van der Waals surface area contributed by atoms with Gasteiger partial charge in [0.2, 0.25) is 11.7 Å².